The Balaban J connectivity index is 2.93. The number of aliphatic carboxylic acids is 1. The standard InChI is InChI=1S/C15H22BrFN2O2/c1-4-19(5-2)9-8-18-15(3,14(20)21)12-10-11(16)6-7-13(12)17/h6-7,10,18H,4-5,8-9H2,1-3H3,(H,20,21). The number of carboxylic acids is 1. The van der Waals surface area contributed by atoms with E-state index in [-0.39, 0.29) is 5.56 Å². The van der Waals surface area contributed by atoms with Crippen molar-refractivity contribution in [1.82, 2.24) is 10.2 Å². The quantitative estimate of drug-likeness (QED) is 0.748. The Morgan fingerprint density at radius 1 is 1.43 bits per heavy atom. The van der Waals surface area contributed by atoms with Gasteiger partial charge in [-0.2, -0.15) is 0 Å². The summed E-state index contributed by atoms with van der Waals surface area (Å²) in [5, 5.41) is 12.5. The summed E-state index contributed by atoms with van der Waals surface area (Å²) in [7, 11) is 0. The van der Waals surface area contributed by atoms with Gasteiger partial charge in [-0.25, -0.2) is 9.18 Å². The SMILES string of the molecule is CCN(CC)CCNC(C)(C(=O)O)c1cc(Br)ccc1F. The summed E-state index contributed by atoms with van der Waals surface area (Å²) in [5.41, 5.74) is -1.33. The third-order valence-electron chi connectivity index (χ3n) is 3.70. The molecule has 4 nitrogen and oxygen atoms in total. The van der Waals surface area contributed by atoms with Crippen LogP contribution in [0.3, 0.4) is 0 Å². The molecule has 0 bridgehead atoms. The highest BCUT2D eigenvalue weighted by Gasteiger charge is 2.37. The monoisotopic (exact) mass is 360 g/mol. The van der Waals surface area contributed by atoms with Crippen LogP contribution >= 0.6 is 15.9 Å². The van der Waals surface area contributed by atoms with Gasteiger partial charge in [0.25, 0.3) is 0 Å². The molecule has 118 valence electrons. The highest BCUT2D eigenvalue weighted by molar-refractivity contribution is 9.10. The Hall–Kier alpha value is -0.980. The molecule has 0 aliphatic heterocycles. The maximum atomic E-state index is 14.0. The lowest BCUT2D eigenvalue weighted by Crippen LogP contribution is -2.49. The van der Waals surface area contributed by atoms with Crippen molar-refractivity contribution < 1.29 is 14.3 Å². The molecule has 2 N–H and O–H groups in total. The number of hydrogen-bond donors (Lipinski definition) is 2. The minimum atomic E-state index is -1.46. The maximum Gasteiger partial charge on any atom is 0.328 e. The highest BCUT2D eigenvalue weighted by Crippen LogP contribution is 2.27. The molecule has 21 heavy (non-hydrogen) atoms. The summed E-state index contributed by atoms with van der Waals surface area (Å²) in [4.78, 5) is 13.8. The minimum Gasteiger partial charge on any atom is -0.480 e. The molecule has 1 rings (SSSR count). The zero-order valence-corrected chi connectivity index (χ0v) is 14.2. The van der Waals surface area contributed by atoms with Crippen molar-refractivity contribution in [2.45, 2.75) is 26.3 Å². The molecule has 1 atom stereocenters. The summed E-state index contributed by atoms with van der Waals surface area (Å²) in [5.74, 6) is -1.63. The number of rotatable bonds is 8. The summed E-state index contributed by atoms with van der Waals surface area (Å²) in [6.45, 7) is 8.56. The van der Waals surface area contributed by atoms with E-state index in [1.54, 1.807) is 6.07 Å². The van der Waals surface area contributed by atoms with Crippen LogP contribution in [0.15, 0.2) is 22.7 Å². The summed E-state index contributed by atoms with van der Waals surface area (Å²) in [6, 6.07) is 4.33. The topological polar surface area (TPSA) is 52.6 Å². The molecule has 0 radical (unpaired) electrons. The van der Waals surface area contributed by atoms with Gasteiger partial charge in [0.2, 0.25) is 0 Å². The molecule has 0 amide bonds. The van der Waals surface area contributed by atoms with Gasteiger partial charge in [-0.3, -0.25) is 5.32 Å². The lowest BCUT2D eigenvalue weighted by Gasteiger charge is -2.29. The zero-order valence-electron chi connectivity index (χ0n) is 12.6. The van der Waals surface area contributed by atoms with Gasteiger partial charge in [-0.1, -0.05) is 29.8 Å². The predicted molar refractivity (Wildman–Crippen MR) is 84.9 cm³/mol. The van der Waals surface area contributed by atoms with Gasteiger partial charge in [0.15, 0.2) is 0 Å². The van der Waals surface area contributed by atoms with Crippen LogP contribution in [0.25, 0.3) is 0 Å². The third-order valence-corrected chi connectivity index (χ3v) is 4.19. The van der Waals surface area contributed by atoms with Crippen LogP contribution in [0.1, 0.15) is 26.3 Å². The van der Waals surface area contributed by atoms with Gasteiger partial charge >= 0.3 is 5.97 Å². The summed E-state index contributed by atoms with van der Waals surface area (Å²) >= 11 is 3.26. The molecule has 1 unspecified atom stereocenters. The van der Waals surface area contributed by atoms with Crippen molar-refractivity contribution in [2.24, 2.45) is 0 Å². The first-order valence-corrected chi connectivity index (χ1v) is 7.80. The van der Waals surface area contributed by atoms with Crippen molar-refractivity contribution in [3.8, 4) is 0 Å². The predicted octanol–water partition coefficient (Wildman–Crippen LogP) is 2.82. The molecule has 0 spiro atoms. The van der Waals surface area contributed by atoms with E-state index in [9.17, 15) is 14.3 Å². The first-order valence-electron chi connectivity index (χ1n) is 7.01. The van der Waals surface area contributed by atoms with E-state index in [4.69, 9.17) is 0 Å². The zero-order chi connectivity index (χ0) is 16.0. The fraction of sp³-hybridized carbons (Fsp3) is 0.533. The average Bonchev–Trinajstić information content (AvgIpc) is 2.45. The van der Waals surface area contributed by atoms with Crippen LogP contribution in [-0.2, 0) is 10.3 Å². The van der Waals surface area contributed by atoms with Crippen LogP contribution in [0.4, 0.5) is 4.39 Å². The van der Waals surface area contributed by atoms with E-state index in [1.165, 1.54) is 19.1 Å². The second-order valence-electron chi connectivity index (χ2n) is 5.01. The minimum absolute atomic E-state index is 0.129. The van der Waals surface area contributed by atoms with Crippen molar-refractivity contribution >= 4 is 21.9 Å². The number of likely N-dealkylation sites (N-methyl/N-ethyl adjacent to an activating group) is 1. The fourth-order valence-corrected chi connectivity index (χ4v) is 2.53. The third kappa shape index (κ3) is 4.49. The van der Waals surface area contributed by atoms with Gasteiger partial charge in [-0.05, 0) is 38.2 Å². The number of hydrogen-bond acceptors (Lipinski definition) is 3. The van der Waals surface area contributed by atoms with Crippen molar-refractivity contribution in [1.29, 1.82) is 0 Å². The molecular formula is C15H22BrFN2O2. The Bertz CT molecular complexity index is 495. The number of halogens is 2. The molecule has 0 fully saturated rings. The van der Waals surface area contributed by atoms with Gasteiger partial charge in [0, 0.05) is 23.1 Å². The molecule has 6 heteroatoms. The average molecular weight is 361 g/mol. The van der Waals surface area contributed by atoms with E-state index in [2.05, 4.69) is 26.1 Å². The number of carbonyl (C=O) groups is 1. The lowest BCUT2D eigenvalue weighted by molar-refractivity contribution is -0.144. The van der Waals surface area contributed by atoms with E-state index in [0.29, 0.717) is 17.6 Å². The van der Waals surface area contributed by atoms with E-state index in [1.807, 2.05) is 13.8 Å². The largest absolute Gasteiger partial charge is 0.480 e. The Labute approximate surface area is 133 Å². The second kappa shape index (κ2) is 7.87. The van der Waals surface area contributed by atoms with Crippen molar-refractivity contribution in [3.63, 3.8) is 0 Å². The summed E-state index contributed by atoms with van der Waals surface area (Å²) < 4.78 is 14.7. The molecule has 0 saturated carbocycles. The number of benzene rings is 1. The van der Waals surface area contributed by atoms with Crippen LogP contribution < -0.4 is 5.32 Å². The van der Waals surface area contributed by atoms with Gasteiger partial charge in [0.1, 0.15) is 11.4 Å². The normalized spacial score (nSPS) is 14.2. The Kier molecular flexibility index (Phi) is 6.77. The van der Waals surface area contributed by atoms with E-state index in [0.717, 1.165) is 13.1 Å². The highest BCUT2D eigenvalue weighted by atomic mass is 79.9. The Morgan fingerprint density at radius 3 is 2.57 bits per heavy atom. The number of nitrogens with one attached hydrogen (secondary N) is 1. The summed E-state index contributed by atoms with van der Waals surface area (Å²) in [6.07, 6.45) is 0. The van der Waals surface area contributed by atoms with Crippen molar-refractivity contribution in [3.05, 3.63) is 34.1 Å². The number of carboxylic acid groups (broad SMARTS) is 1. The Morgan fingerprint density at radius 2 is 2.05 bits per heavy atom. The van der Waals surface area contributed by atoms with E-state index < -0.39 is 17.3 Å². The van der Waals surface area contributed by atoms with Crippen LogP contribution in [0, 0.1) is 5.82 Å². The first-order chi connectivity index (χ1) is 9.85. The van der Waals surface area contributed by atoms with Gasteiger partial charge < -0.3 is 10.0 Å². The fourth-order valence-electron chi connectivity index (χ4n) is 2.17. The van der Waals surface area contributed by atoms with Crippen LogP contribution in [0.2, 0.25) is 0 Å². The molecule has 0 saturated heterocycles. The molecule has 0 aromatic heterocycles. The molecule has 0 aliphatic rings. The molecule has 1 aromatic rings. The van der Waals surface area contributed by atoms with Gasteiger partial charge in [-0.15, -0.1) is 0 Å². The number of nitrogens with zero attached hydrogens (tertiary/aromatic N) is 1. The first kappa shape index (κ1) is 18.1. The smallest absolute Gasteiger partial charge is 0.328 e. The van der Waals surface area contributed by atoms with E-state index >= 15 is 0 Å². The molecule has 1 aromatic carbocycles. The van der Waals surface area contributed by atoms with Crippen molar-refractivity contribution in [2.75, 3.05) is 26.2 Å². The maximum absolute atomic E-state index is 14.0. The van der Waals surface area contributed by atoms with Gasteiger partial charge in [0.05, 0.1) is 0 Å². The molecular weight excluding hydrogens is 339 g/mol. The molecule has 0 aliphatic carbocycles. The second-order valence-corrected chi connectivity index (χ2v) is 5.92. The van der Waals surface area contributed by atoms with Crippen LogP contribution in [-0.4, -0.2) is 42.2 Å². The lowest BCUT2D eigenvalue weighted by atomic mass is 9.91. The van der Waals surface area contributed by atoms with Crippen LogP contribution in [0.5, 0.6) is 0 Å². The molecule has 0 heterocycles.